The SMILES string of the molecule is CCCCCN(C(=O)C(C)NC(=O)OC(C)(C)C)C(C(=O)Nc1c(C)cccc1Cl)c1ccc(C)c(C)c1. The van der Waals surface area contributed by atoms with Crippen LogP contribution in [0.15, 0.2) is 36.4 Å². The Bertz CT molecular complexity index is 1120. The van der Waals surface area contributed by atoms with Gasteiger partial charge in [0.15, 0.2) is 0 Å². The lowest BCUT2D eigenvalue weighted by Crippen LogP contribution is -2.51. The molecule has 0 aliphatic carbocycles. The highest BCUT2D eigenvalue weighted by atomic mass is 35.5. The third-order valence-corrected chi connectivity index (χ3v) is 6.58. The van der Waals surface area contributed by atoms with Gasteiger partial charge in [-0.2, -0.15) is 0 Å². The van der Waals surface area contributed by atoms with Crippen LogP contribution in [0.2, 0.25) is 5.02 Å². The minimum atomic E-state index is -0.933. The smallest absolute Gasteiger partial charge is 0.408 e. The molecule has 2 rings (SSSR count). The number of halogens is 1. The fourth-order valence-electron chi connectivity index (χ4n) is 4.08. The fraction of sp³-hybridized carbons (Fsp3) is 0.500. The lowest BCUT2D eigenvalue weighted by atomic mass is 9.98. The van der Waals surface area contributed by atoms with Crippen molar-refractivity contribution in [2.45, 2.75) is 92.3 Å². The van der Waals surface area contributed by atoms with Gasteiger partial charge in [0.2, 0.25) is 5.91 Å². The van der Waals surface area contributed by atoms with Gasteiger partial charge in [0.05, 0.1) is 10.7 Å². The van der Waals surface area contributed by atoms with Crippen molar-refractivity contribution in [3.05, 3.63) is 63.7 Å². The third kappa shape index (κ3) is 8.76. The van der Waals surface area contributed by atoms with Crippen LogP contribution in [-0.4, -0.2) is 41.0 Å². The highest BCUT2D eigenvalue weighted by molar-refractivity contribution is 6.34. The van der Waals surface area contributed by atoms with Gasteiger partial charge in [-0.15, -0.1) is 0 Å². The van der Waals surface area contributed by atoms with Crippen LogP contribution in [0.4, 0.5) is 10.5 Å². The van der Waals surface area contributed by atoms with E-state index in [1.165, 1.54) is 0 Å². The van der Waals surface area contributed by atoms with Gasteiger partial charge in [0.1, 0.15) is 17.7 Å². The number of carbonyl (C=O) groups excluding carboxylic acids is 3. The van der Waals surface area contributed by atoms with Crippen LogP contribution < -0.4 is 10.6 Å². The number of unbranched alkanes of at least 4 members (excludes halogenated alkanes) is 2. The molecule has 0 saturated heterocycles. The Hall–Kier alpha value is -3.06. The largest absolute Gasteiger partial charge is 0.444 e. The Kier molecular flexibility index (Phi) is 11.2. The van der Waals surface area contributed by atoms with Crippen molar-refractivity contribution in [3.8, 4) is 0 Å². The number of rotatable bonds is 10. The maximum absolute atomic E-state index is 13.9. The van der Waals surface area contributed by atoms with E-state index in [1.54, 1.807) is 38.7 Å². The molecule has 7 nitrogen and oxygen atoms in total. The van der Waals surface area contributed by atoms with Crippen molar-refractivity contribution < 1.29 is 19.1 Å². The molecule has 0 aliphatic heterocycles. The molecular weight excluding hydrogens is 502 g/mol. The number of nitrogens with one attached hydrogen (secondary N) is 2. The summed E-state index contributed by atoms with van der Waals surface area (Å²) in [5.74, 6) is -0.750. The second-order valence-corrected chi connectivity index (χ2v) is 11.2. The second kappa shape index (κ2) is 13.7. The quantitative estimate of drug-likeness (QED) is 0.320. The standard InChI is InChI=1S/C30H42ClN3O4/c1-9-10-11-17-34(28(36)22(5)32-29(37)38-30(6,7)8)26(23-16-15-19(2)21(4)18-23)27(35)33-25-20(3)13-12-14-24(25)31/h12-16,18,22,26H,9-11,17H2,1-8H3,(H,32,37)(H,33,35). The van der Waals surface area contributed by atoms with Crippen molar-refractivity contribution in [2.24, 2.45) is 0 Å². The van der Waals surface area contributed by atoms with E-state index in [2.05, 4.69) is 17.6 Å². The minimum absolute atomic E-state index is 0.347. The van der Waals surface area contributed by atoms with Crippen LogP contribution in [-0.2, 0) is 14.3 Å². The molecule has 0 aliphatic rings. The van der Waals surface area contributed by atoms with Crippen molar-refractivity contribution >= 4 is 35.2 Å². The first-order valence-electron chi connectivity index (χ1n) is 13.2. The first kappa shape index (κ1) is 31.2. The first-order valence-corrected chi connectivity index (χ1v) is 13.6. The minimum Gasteiger partial charge on any atom is -0.444 e. The van der Waals surface area contributed by atoms with E-state index >= 15 is 0 Å². The monoisotopic (exact) mass is 543 g/mol. The molecule has 8 heteroatoms. The van der Waals surface area contributed by atoms with Crippen LogP contribution >= 0.6 is 11.6 Å². The molecule has 2 N–H and O–H groups in total. The Morgan fingerprint density at radius 2 is 1.68 bits per heavy atom. The van der Waals surface area contributed by atoms with Crippen LogP contribution in [0.3, 0.4) is 0 Å². The molecular formula is C30H42ClN3O4. The number of carbonyl (C=O) groups is 3. The van der Waals surface area contributed by atoms with Gasteiger partial charge in [0.25, 0.3) is 5.91 Å². The van der Waals surface area contributed by atoms with Crippen molar-refractivity contribution in [2.75, 3.05) is 11.9 Å². The number of hydrogen-bond acceptors (Lipinski definition) is 4. The Labute approximate surface area is 232 Å². The van der Waals surface area contributed by atoms with E-state index in [0.29, 0.717) is 29.2 Å². The van der Waals surface area contributed by atoms with Gasteiger partial charge < -0.3 is 20.3 Å². The summed E-state index contributed by atoms with van der Waals surface area (Å²) in [6.45, 7) is 15.1. The predicted molar refractivity (Wildman–Crippen MR) is 154 cm³/mol. The van der Waals surface area contributed by atoms with Crippen LogP contribution in [0.1, 0.15) is 82.2 Å². The number of alkyl carbamates (subject to hydrolysis) is 1. The van der Waals surface area contributed by atoms with Gasteiger partial charge in [-0.1, -0.05) is 61.7 Å². The van der Waals surface area contributed by atoms with Gasteiger partial charge in [0, 0.05) is 6.54 Å². The molecule has 208 valence electrons. The average molecular weight is 544 g/mol. The van der Waals surface area contributed by atoms with Gasteiger partial charge in [-0.25, -0.2) is 4.79 Å². The van der Waals surface area contributed by atoms with Crippen LogP contribution in [0, 0.1) is 20.8 Å². The number of para-hydroxylation sites is 1. The Balaban J connectivity index is 2.51. The van der Waals surface area contributed by atoms with Gasteiger partial charge in [-0.05, 0) is 83.2 Å². The summed E-state index contributed by atoms with van der Waals surface area (Å²) in [6, 6.07) is 9.31. The Morgan fingerprint density at radius 3 is 2.26 bits per heavy atom. The van der Waals surface area contributed by atoms with Crippen molar-refractivity contribution in [3.63, 3.8) is 0 Å². The lowest BCUT2D eigenvalue weighted by Gasteiger charge is -2.34. The van der Waals surface area contributed by atoms with E-state index < -0.39 is 23.8 Å². The van der Waals surface area contributed by atoms with E-state index in [1.807, 2.05) is 51.1 Å². The number of anilines is 1. The summed E-state index contributed by atoms with van der Waals surface area (Å²) in [5, 5.41) is 6.02. The van der Waals surface area contributed by atoms with Gasteiger partial charge in [-0.3, -0.25) is 9.59 Å². The summed E-state index contributed by atoms with van der Waals surface area (Å²) in [6.07, 6.45) is 1.86. The summed E-state index contributed by atoms with van der Waals surface area (Å²) in [5.41, 5.74) is 3.39. The molecule has 0 heterocycles. The molecule has 0 spiro atoms. The molecule has 38 heavy (non-hydrogen) atoms. The normalized spacial score (nSPS) is 12.9. The highest BCUT2D eigenvalue weighted by Crippen LogP contribution is 2.30. The van der Waals surface area contributed by atoms with E-state index in [4.69, 9.17) is 16.3 Å². The maximum atomic E-state index is 13.9. The highest BCUT2D eigenvalue weighted by Gasteiger charge is 2.35. The number of amides is 3. The molecule has 2 aromatic rings. The predicted octanol–water partition coefficient (Wildman–Crippen LogP) is 6.88. The fourth-order valence-corrected chi connectivity index (χ4v) is 4.35. The van der Waals surface area contributed by atoms with Crippen molar-refractivity contribution in [1.82, 2.24) is 10.2 Å². The van der Waals surface area contributed by atoms with Crippen LogP contribution in [0.25, 0.3) is 0 Å². The molecule has 3 amide bonds. The zero-order valence-electron chi connectivity index (χ0n) is 23.9. The van der Waals surface area contributed by atoms with E-state index in [0.717, 1.165) is 29.5 Å². The number of nitrogens with zero attached hydrogens (tertiary/aromatic N) is 1. The summed E-state index contributed by atoms with van der Waals surface area (Å²) in [4.78, 5) is 41.8. The Morgan fingerprint density at radius 1 is 1.00 bits per heavy atom. The van der Waals surface area contributed by atoms with E-state index in [-0.39, 0.29) is 11.8 Å². The number of aryl methyl sites for hydroxylation is 3. The second-order valence-electron chi connectivity index (χ2n) is 10.8. The van der Waals surface area contributed by atoms with E-state index in [9.17, 15) is 14.4 Å². The van der Waals surface area contributed by atoms with Crippen LogP contribution in [0.5, 0.6) is 0 Å². The van der Waals surface area contributed by atoms with Gasteiger partial charge >= 0.3 is 6.09 Å². The lowest BCUT2D eigenvalue weighted by molar-refractivity contribution is -0.140. The molecule has 2 atom stereocenters. The maximum Gasteiger partial charge on any atom is 0.408 e. The zero-order valence-corrected chi connectivity index (χ0v) is 24.7. The molecule has 0 aromatic heterocycles. The molecule has 0 radical (unpaired) electrons. The first-order chi connectivity index (χ1) is 17.7. The topological polar surface area (TPSA) is 87.7 Å². The molecule has 0 fully saturated rings. The summed E-state index contributed by atoms with van der Waals surface area (Å²) in [7, 11) is 0. The number of hydrogen-bond donors (Lipinski definition) is 2. The summed E-state index contributed by atoms with van der Waals surface area (Å²) >= 11 is 6.42. The zero-order chi connectivity index (χ0) is 28.6. The summed E-state index contributed by atoms with van der Waals surface area (Å²) < 4.78 is 5.35. The number of benzene rings is 2. The number of ether oxygens (including phenoxy) is 1. The molecule has 2 aromatic carbocycles. The average Bonchev–Trinajstić information content (AvgIpc) is 2.81. The third-order valence-electron chi connectivity index (χ3n) is 6.27. The molecule has 0 bridgehead atoms. The molecule has 0 saturated carbocycles. The molecule has 2 unspecified atom stereocenters. The van der Waals surface area contributed by atoms with Crippen molar-refractivity contribution in [1.29, 1.82) is 0 Å².